The first kappa shape index (κ1) is 19.3. The molecule has 1 aromatic carbocycles. The van der Waals surface area contributed by atoms with Crippen molar-refractivity contribution in [1.29, 1.82) is 0 Å². The molecule has 0 saturated heterocycles. The summed E-state index contributed by atoms with van der Waals surface area (Å²) in [7, 11) is 3.46. The topological polar surface area (TPSA) is 87.2 Å². The van der Waals surface area contributed by atoms with E-state index in [1.54, 1.807) is 31.4 Å². The monoisotopic (exact) mass is 377 g/mol. The molecule has 0 aliphatic carbocycles. The van der Waals surface area contributed by atoms with Gasteiger partial charge in [-0.1, -0.05) is 18.2 Å². The van der Waals surface area contributed by atoms with Gasteiger partial charge in [0.15, 0.2) is 0 Å². The average molecular weight is 377 g/mol. The number of carbonyl (C=O) groups excluding carboxylic acids is 2. The highest BCUT2D eigenvalue weighted by Crippen LogP contribution is 2.30. The summed E-state index contributed by atoms with van der Waals surface area (Å²) in [6.07, 6.45) is 3.69. The highest BCUT2D eigenvalue weighted by Gasteiger charge is 2.11. The molecule has 7 nitrogen and oxygen atoms in total. The van der Waals surface area contributed by atoms with Crippen LogP contribution in [0, 0.1) is 0 Å². The quantitative estimate of drug-likeness (QED) is 0.715. The van der Waals surface area contributed by atoms with Gasteiger partial charge in [-0.2, -0.15) is 0 Å². The van der Waals surface area contributed by atoms with Gasteiger partial charge in [-0.15, -0.1) is 0 Å². The van der Waals surface area contributed by atoms with E-state index in [9.17, 15) is 9.59 Å². The lowest BCUT2D eigenvalue weighted by Gasteiger charge is -2.12. The molecule has 3 rings (SSSR count). The number of nitrogens with one attached hydrogen (secondary N) is 2. The number of rotatable bonds is 5. The maximum absolute atomic E-state index is 12.0. The van der Waals surface area contributed by atoms with Crippen LogP contribution in [0.25, 0.3) is 21.9 Å². The molecule has 3 amide bonds. The fraction of sp³-hybridized carbons (Fsp3) is 0.238. The van der Waals surface area contributed by atoms with Crippen LogP contribution in [-0.2, 0) is 11.2 Å². The molecule has 28 heavy (non-hydrogen) atoms. The Morgan fingerprint density at radius 1 is 1.11 bits per heavy atom. The van der Waals surface area contributed by atoms with E-state index in [2.05, 4.69) is 20.6 Å². The summed E-state index contributed by atoms with van der Waals surface area (Å²) in [5.74, 6) is 0.475. The predicted molar refractivity (Wildman–Crippen MR) is 110 cm³/mol. The zero-order chi connectivity index (χ0) is 20.1. The lowest BCUT2D eigenvalue weighted by Crippen LogP contribution is -2.28. The summed E-state index contributed by atoms with van der Waals surface area (Å²) in [6, 6.07) is 11.3. The SMILES string of the molecule is CCNC(=O)Nc1cc2c(-c3ccnc(CC(=O)N(C)C)c3)cccc2cn1. The van der Waals surface area contributed by atoms with Crippen LogP contribution in [0.15, 0.2) is 48.8 Å². The van der Waals surface area contributed by atoms with Gasteiger partial charge < -0.3 is 10.2 Å². The second-order valence-electron chi connectivity index (χ2n) is 6.58. The number of carbonyl (C=O) groups is 2. The van der Waals surface area contributed by atoms with Gasteiger partial charge in [0.2, 0.25) is 5.91 Å². The normalized spacial score (nSPS) is 10.5. The Kier molecular flexibility index (Phi) is 5.84. The maximum Gasteiger partial charge on any atom is 0.320 e. The van der Waals surface area contributed by atoms with Crippen LogP contribution in [0.5, 0.6) is 0 Å². The first-order valence-electron chi connectivity index (χ1n) is 9.07. The molecule has 2 N–H and O–H groups in total. The number of nitrogens with zero attached hydrogens (tertiary/aromatic N) is 3. The molecule has 0 bridgehead atoms. The van der Waals surface area contributed by atoms with E-state index >= 15 is 0 Å². The van der Waals surface area contributed by atoms with Crippen LogP contribution in [-0.4, -0.2) is 47.4 Å². The third-order valence-corrected chi connectivity index (χ3v) is 4.30. The van der Waals surface area contributed by atoms with Gasteiger partial charge in [-0.3, -0.25) is 15.1 Å². The number of likely N-dealkylation sites (N-methyl/N-ethyl adjacent to an activating group) is 1. The number of hydrogen-bond acceptors (Lipinski definition) is 4. The Balaban J connectivity index is 1.98. The number of benzene rings is 1. The fourth-order valence-corrected chi connectivity index (χ4v) is 2.87. The minimum absolute atomic E-state index is 0.000178. The van der Waals surface area contributed by atoms with Crippen molar-refractivity contribution in [1.82, 2.24) is 20.2 Å². The summed E-state index contributed by atoms with van der Waals surface area (Å²) in [5.41, 5.74) is 2.65. The Morgan fingerprint density at radius 3 is 2.68 bits per heavy atom. The van der Waals surface area contributed by atoms with Crippen molar-refractivity contribution in [3.8, 4) is 11.1 Å². The molecule has 7 heteroatoms. The van der Waals surface area contributed by atoms with Crippen LogP contribution < -0.4 is 10.6 Å². The lowest BCUT2D eigenvalue weighted by atomic mass is 9.99. The van der Waals surface area contributed by atoms with E-state index in [0.29, 0.717) is 18.1 Å². The van der Waals surface area contributed by atoms with Crippen LogP contribution in [0.1, 0.15) is 12.6 Å². The van der Waals surface area contributed by atoms with Gasteiger partial charge in [-0.05, 0) is 41.6 Å². The molecule has 2 aromatic heterocycles. The van der Waals surface area contributed by atoms with Crippen LogP contribution in [0.4, 0.5) is 10.6 Å². The van der Waals surface area contributed by atoms with Crippen LogP contribution >= 0.6 is 0 Å². The highest BCUT2D eigenvalue weighted by molar-refractivity contribution is 5.99. The summed E-state index contributed by atoms with van der Waals surface area (Å²) in [4.78, 5) is 34.0. The third-order valence-electron chi connectivity index (χ3n) is 4.30. The fourth-order valence-electron chi connectivity index (χ4n) is 2.87. The van der Waals surface area contributed by atoms with E-state index in [1.165, 1.54) is 0 Å². The minimum atomic E-state index is -0.291. The largest absolute Gasteiger partial charge is 0.348 e. The van der Waals surface area contributed by atoms with Crippen molar-refractivity contribution in [2.45, 2.75) is 13.3 Å². The Labute approximate surface area is 163 Å². The number of urea groups is 1. The Bertz CT molecular complexity index is 1020. The molecule has 2 heterocycles. The highest BCUT2D eigenvalue weighted by atomic mass is 16.2. The van der Waals surface area contributed by atoms with Gasteiger partial charge in [0, 0.05) is 38.4 Å². The molecule has 0 aliphatic rings. The van der Waals surface area contributed by atoms with Gasteiger partial charge in [0.05, 0.1) is 12.1 Å². The zero-order valence-corrected chi connectivity index (χ0v) is 16.2. The molecule has 0 atom stereocenters. The summed E-state index contributed by atoms with van der Waals surface area (Å²) < 4.78 is 0. The minimum Gasteiger partial charge on any atom is -0.348 e. The zero-order valence-electron chi connectivity index (χ0n) is 16.2. The first-order valence-corrected chi connectivity index (χ1v) is 9.07. The lowest BCUT2D eigenvalue weighted by molar-refractivity contribution is -0.128. The number of pyridine rings is 2. The number of aromatic nitrogens is 2. The van der Waals surface area contributed by atoms with Crippen LogP contribution in [0.3, 0.4) is 0 Å². The van der Waals surface area contributed by atoms with E-state index in [0.717, 1.165) is 21.9 Å². The molecule has 0 saturated carbocycles. The second-order valence-corrected chi connectivity index (χ2v) is 6.58. The van der Waals surface area contributed by atoms with E-state index < -0.39 is 0 Å². The first-order chi connectivity index (χ1) is 13.5. The van der Waals surface area contributed by atoms with Crippen molar-refractivity contribution in [2.75, 3.05) is 26.0 Å². The molecule has 144 valence electrons. The molecule has 3 aromatic rings. The predicted octanol–water partition coefficient (Wildman–Crippen LogP) is 3.07. The Morgan fingerprint density at radius 2 is 1.93 bits per heavy atom. The number of hydrogen-bond donors (Lipinski definition) is 2. The summed E-state index contributed by atoms with van der Waals surface area (Å²) >= 11 is 0. The molecule has 0 aliphatic heterocycles. The van der Waals surface area contributed by atoms with E-state index in [4.69, 9.17) is 0 Å². The van der Waals surface area contributed by atoms with Crippen molar-refractivity contribution in [2.24, 2.45) is 0 Å². The molecule has 0 unspecified atom stereocenters. The smallest absolute Gasteiger partial charge is 0.320 e. The average Bonchev–Trinajstić information content (AvgIpc) is 2.67. The maximum atomic E-state index is 12.0. The molecule has 0 fully saturated rings. The van der Waals surface area contributed by atoms with Crippen molar-refractivity contribution in [3.05, 3.63) is 54.5 Å². The van der Waals surface area contributed by atoms with Crippen molar-refractivity contribution >= 4 is 28.5 Å². The van der Waals surface area contributed by atoms with Gasteiger partial charge in [-0.25, -0.2) is 9.78 Å². The molecule has 0 spiro atoms. The summed E-state index contributed by atoms with van der Waals surface area (Å²) in [6.45, 7) is 2.39. The standard InChI is InChI=1S/C21H23N5O2/c1-4-22-21(28)25-19-12-18-15(13-24-19)6-5-7-17(18)14-8-9-23-16(10-14)11-20(27)26(2)3/h5-10,12-13H,4,11H2,1-3H3,(H2,22,24,25,28). The van der Waals surface area contributed by atoms with Gasteiger partial charge >= 0.3 is 6.03 Å². The number of fused-ring (bicyclic) bond motifs is 1. The molecular weight excluding hydrogens is 354 g/mol. The summed E-state index contributed by atoms with van der Waals surface area (Å²) in [5, 5.41) is 7.35. The molecule has 0 radical (unpaired) electrons. The third kappa shape index (κ3) is 4.43. The van der Waals surface area contributed by atoms with Crippen molar-refractivity contribution in [3.63, 3.8) is 0 Å². The van der Waals surface area contributed by atoms with Crippen LogP contribution in [0.2, 0.25) is 0 Å². The number of amides is 3. The van der Waals surface area contributed by atoms with Gasteiger partial charge in [0.1, 0.15) is 5.82 Å². The number of anilines is 1. The second kappa shape index (κ2) is 8.47. The van der Waals surface area contributed by atoms with E-state index in [1.807, 2.05) is 43.3 Å². The molecular formula is C21H23N5O2. The van der Waals surface area contributed by atoms with Gasteiger partial charge in [0.25, 0.3) is 0 Å². The van der Waals surface area contributed by atoms with Crippen molar-refractivity contribution < 1.29 is 9.59 Å². The van der Waals surface area contributed by atoms with E-state index in [-0.39, 0.29) is 18.4 Å². The Hall–Kier alpha value is -3.48.